The Balaban J connectivity index is 1.58. The molecule has 6 rings (SSSR count). The third kappa shape index (κ3) is 2.90. The summed E-state index contributed by atoms with van der Waals surface area (Å²) >= 11 is 0. The van der Waals surface area contributed by atoms with E-state index in [0.29, 0.717) is 0 Å². The molecule has 31 heavy (non-hydrogen) atoms. The molecule has 0 aliphatic carbocycles. The lowest BCUT2D eigenvalue weighted by Gasteiger charge is -2.11. The van der Waals surface area contributed by atoms with Crippen molar-refractivity contribution >= 4 is 38.3 Å². The first-order valence-electron chi connectivity index (χ1n) is 10.3. The van der Waals surface area contributed by atoms with E-state index < -0.39 is 0 Å². The summed E-state index contributed by atoms with van der Waals surface area (Å²) in [6, 6.07) is 33.2. The van der Waals surface area contributed by atoms with Crippen LogP contribution in [0.3, 0.4) is 0 Å². The SMILES string of the molecule is Nc1ccc(-c2cccc(-c3cnc4c5ccccc5c5ccccc5c4n3)c2)cc1. The lowest BCUT2D eigenvalue weighted by Crippen LogP contribution is -1.92. The molecule has 0 aliphatic heterocycles. The van der Waals surface area contributed by atoms with Gasteiger partial charge in [0.1, 0.15) is 0 Å². The molecule has 0 amide bonds. The van der Waals surface area contributed by atoms with Crippen LogP contribution < -0.4 is 5.73 Å². The smallest absolute Gasteiger partial charge is 0.0979 e. The van der Waals surface area contributed by atoms with E-state index in [0.717, 1.165) is 49.9 Å². The third-order valence-corrected chi connectivity index (χ3v) is 5.83. The Bertz CT molecular complexity index is 1550. The van der Waals surface area contributed by atoms with Gasteiger partial charge in [0.05, 0.1) is 22.9 Å². The second kappa shape index (κ2) is 6.92. The number of anilines is 1. The molecule has 0 radical (unpaired) electrons. The van der Waals surface area contributed by atoms with Crippen LogP contribution >= 0.6 is 0 Å². The summed E-state index contributed by atoms with van der Waals surface area (Å²) in [4.78, 5) is 9.96. The molecule has 0 unspecified atom stereocenters. The Kier molecular flexibility index (Phi) is 3.93. The molecule has 0 bridgehead atoms. The van der Waals surface area contributed by atoms with Crippen LogP contribution in [0.2, 0.25) is 0 Å². The second-order valence-electron chi connectivity index (χ2n) is 7.75. The van der Waals surface area contributed by atoms with Crippen LogP contribution in [0, 0.1) is 0 Å². The molecule has 6 aromatic rings. The predicted octanol–water partition coefficient (Wildman–Crippen LogP) is 6.85. The number of aromatic nitrogens is 2. The van der Waals surface area contributed by atoms with Crippen LogP contribution in [0.25, 0.3) is 55.0 Å². The second-order valence-corrected chi connectivity index (χ2v) is 7.75. The molecule has 0 fully saturated rings. The van der Waals surface area contributed by atoms with Crippen molar-refractivity contribution in [3.05, 3.63) is 103 Å². The number of rotatable bonds is 2. The summed E-state index contributed by atoms with van der Waals surface area (Å²) in [7, 11) is 0. The predicted molar refractivity (Wildman–Crippen MR) is 130 cm³/mol. The van der Waals surface area contributed by atoms with Crippen LogP contribution in [0.1, 0.15) is 0 Å². The van der Waals surface area contributed by atoms with E-state index in [1.165, 1.54) is 10.8 Å². The summed E-state index contributed by atoms with van der Waals surface area (Å²) in [6.45, 7) is 0. The van der Waals surface area contributed by atoms with Gasteiger partial charge in [-0.1, -0.05) is 78.9 Å². The first-order valence-corrected chi connectivity index (χ1v) is 10.3. The normalized spacial score (nSPS) is 11.4. The van der Waals surface area contributed by atoms with Gasteiger partial charge in [-0.25, -0.2) is 4.98 Å². The van der Waals surface area contributed by atoms with Crippen molar-refractivity contribution in [2.75, 3.05) is 5.73 Å². The highest BCUT2D eigenvalue weighted by Crippen LogP contribution is 2.34. The molecule has 3 heteroatoms. The number of hydrogen-bond donors (Lipinski definition) is 1. The third-order valence-electron chi connectivity index (χ3n) is 5.83. The number of fused-ring (bicyclic) bond motifs is 6. The van der Waals surface area contributed by atoms with Crippen molar-refractivity contribution in [1.29, 1.82) is 0 Å². The molecule has 1 aromatic heterocycles. The molecule has 3 nitrogen and oxygen atoms in total. The Hall–Kier alpha value is -4.24. The van der Waals surface area contributed by atoms with Crippen molar-refractivity contribution in [3.63, 3.8) is 0 Å². The molecule has 1 heterocycles. The molecular weight excluding hydrogens is 378 g/mol. The van der Waals surface area contributed by atoms with E-state index in [-0.39, 0.29) is 0 Å². The Morgan fingerprint density at radius 3 is 1.84 bits per heavy atom. The van der Waals surface area contributed by atoms with E-state index in [9.17, 15) is 0 Å². The van der Waals surface area contributed by atoms with Gasteiger partial charge in [0, 0.05) is 22.0 Å². The summed E-state index contributed by atoms with van der Waals surface area (Å²) in [5.74, 6) is 0. The summed E-state index contributed by atoms with van der Waals surface area (Å²) in [6.07, 6.45) is 1.88. The van der Waals surface area contributed by atoms with Crippen molar-refractivity contribution < 1.29 is 0 Å². The van der Waals surface area contributed by atoms with Gasteiger partial charge < -0.3 is 5.73 Å². The highest BCUT2D eigenvalue weighted by molar-refractivity contribution is 6.23. The van der Waals surface area contributed by atoms with E-state index >= 15 is 0 Å². The lowest BCUT2D eigenvalue weighted by atomic mass is 9.99. The van der Waals surface area contributed by atoms with Crippen LogP contribution in [-0.4, -0.2) is 9.97 Å². The molecule has 5 aromatic carbocycles. The van der Waals surface area contributed by atoms with Gasteiger partial charge in [-0.05, 0) is 40.1 Å². The van der Waals surface area contributed by atoms with Crippen LogP contribution in [0.4, 0.5) is 5.69 Å². The zero-order valence-electron chi connectivity index (χ0n) is 16.8. The number of nitrogens with zero attached hydrogens (tertiary/aromatic N) is 2. The topological polar surface area (TPSA) is 51.8 Å². The Morgan fingerprint density at radius 2 is 1.13 bits per heavy atom. The zero-order valence-corrected chi connectivity index (χ0v) is 16.8. The number of nitrogens with two attached hydrogens (primary N) is 1. The van der Waals surface area contributed by atoms with Gasteiger partial charge in [0.15, 0.2) is 0 Å². The minimum Gasteiger partial charge on any atom is -0.399 e. The number of benzene rings is 5. The number of hydrogen-bond acceptors (Lipinski definition) is 3. The quantitative estimate of drug-likeness (QED) is 0.257. The fourth-order valence-electron chi connectivity index (χ4n) is 4.30. The van der Waals surface area contributed by atoms with Crippen molar-refractivity contribution in [2.45, 2.75) is 0 Å². The largest absolute Gasteiger partial charge is 0.399 e. The lowest BCUT2D eigenvalue weighted by molar-refractivity contribution is 1.31. The highest BCUT2D eigenvalue weighted by Gasteiger charge is 2.12. The van der Waals surface area contributed by atoms with Gasteiger partial charge in [0.25, 0.3) is 0 Å². The van der Waals surface area contributed by atoms with Crippen LogP contribution in [0.5, 0.6) is 0 Å². The van der Waals surface area contributed by atoms with Crippen LogP contribution in [-0.2, 0) is 0 Å². The molecule has 0 spiro atoms. The average Bonchev–Trinajstić information content (AvgIpc) is 2.84. The molecule has 0 atom stereocenters. The zero-order chi connectivity index (χ0) is 20.8. The van der Waals surface area contributed by atoms with Gasteiger partial charge >= 0.3 is 0 Å². The first-order chi connectivity index (χ1) is 15.3. The molecule has 146 valence electrons. The fraction of sp³-hybridized carbons (Fsp3) is 0. The van der Waals surface area contributed by atoms with Crippen molar-refractivity contribution in [2.24, 2.45) is 0 Å². The Morgan fingerprint density at radius 1 is 0.516 bits per heavy atom. The fourth-order valence-corrected chi connectivity index (χ4v) is 4.30. The van der Waals surface area contributed by atoms with Gasteiger partial charge in [0.2, 0.25) is 0 Å². The van der Waals surface area contributed by atoms with Crippen molar-refractivity contribution in [1.82, 2.24) is 9.97 Å². The van der Waals surface area contributed by atoms with Crippen molar-refractivity contribution in [3.8, 4) is 22.4 Å². The summed E-state index contributed by atoms with van der Waals surface area (Å²) < 4.78 is 0. The first kappa shape index (κ1) is 17.6. The number of nitrogen functional groups attached to an aromatic ring is 1. The maximum absolute atomic E-state index is 5.85. The monoisotopic (exact) mass is 397 g/mol. The highest BCUT2D eigenvalue weighted by atomic mass is 14.8. The van der Waals surface area contributed by atoms with Crippen LogP contribution in [0.15, 0.2) is 103 Å². The minimum atomic E-state index is 0.763. The van der Waals surface area contributed by atoms with Gasteiger partial charge in [-0.15, -0.1) is 0 Å². The Labute approximate surface area is 179 Å². The molecule has 0 aliphatic rings. The summed E-state index contributed by atoms with van der Waals surface area (Å²) in [5, 5.41) is 4.66. The van der Waals surface area contributed by atoms with Gasteiger partial charge in [-0.2, -0.15) is 0 Å². The van der Waals surface area contributed by atoms with E-state index in [1.807, 2.05) is 30.5 Å². The minimum absolute atomic E-state index is 0.763. The maximum Gasteiger partial charge on any atom is 0.0979 e. The maximum atomic E-state index is 5.85. The standard InChI is InChI=1S/C28H19N3/c29-21-14-12-18(13-15-21)19-6-5-7-20(16-19)26-17-30-27-24-10-3-1-8-22(24)23-9-2-4-11-25(23)28(27)31-26/h1-17H,29H2. The van der Waals surface area contributed by atoms with Gasteiger partial charge in [-0.3, -0.25) is 4.98 Å². The molecular formula is C28H19N3. The molecule has 2 N–H and O–H groups in total. The average molecular weight is 397 g/mol. The van der Waals surface area contributed by atoms with E-state index in [1.54, 1.807) is 0 Å². The summed E-state index contributed by atoms with van der Waals surface area (Å²) in [5.41, 5.74) is 12.6. The molecule has 0 saturated carbocycles. The van der Waals surface area contributed by atoms with E-state index in [4.69, 9.17) is 15.7 Å². The van der Waals surface area contributed by atoms with E-state index in [2.05, 4.69) is 72.8 Å². The molecule has 0 saturated heterocycles.